The molecule has 0 radical (unpaired) electrons. The van der Waals surface area contributed by atoms with E-state index in [-0.39, 0.29) is 17.4 Å². The Hall–Kier alpha value is 0.0700. The summed E-state index contributed by atoms with van der Waals surface area (Å²) >= 11 is 0. The van der Waals surface area contributed by atoms with E-state index >= 15 is 0 Å². The van der Waals surface area contributed by atoms with Gasteiger partial charge in [0.1, 0.15) is 0 Å². The summed E-state index contributed by atoms with van der Waals surface area (Å²) in [5.41, 5.74) is 6.23. The summed E-state index contributed by atoms with van der Waals surface area (Å²) < 4.78 is 17.7. The first-order chi connectivity index (χ1) is 8.18. The van der Waals surface area contributed by atoms with Crippen LogP contribution in [0.4, 0.5) is 0 Å². The van der Waals surface area contributed by atoms with Crippen molar-refractivity contribution >= 4 is 10.8 Å². The predicted octanol–water partition coefficient (Wildman–Crippen LogP) is 1.82. The smallest absolute Gasteiger partial charge is 0.0691 e. The van der Waals surface area contributed by atoms with Crippen LogP contribution in [-0.4, -0.2) is 34.0 Å². The largest absolute Gasteiger partial charge is 0.377 e. The van der Waals surface area contributed by atoms with Crippen LogP contribution in [0.5, 0.6) is 0 Å². The van der Waals surface area contributed by atoms with Crippen molar-refractivity contribution in [3.63, 3.8) is 0 Å². The van der Waals surface area contributed by atoms with E-state index in [9.17, 15) is 4.21 Å². The average molecular weight is 259 g/mol. The lowest BCUT2D eigenvalue weighted by Crippen LogP contribution is -2.39. The zero-order valence-electron chi connectivity index (χ0n) is 10.8. The molecule has 0 aromatic heterocycles. The summed E-state index contributed by atoms with van der Waals surface area (Å²) in [4.78, 5) is 0. The minimum absolute atomic E-state index is 0.129. The molecule has 0 amide bonds. The lowest BCUT2D eigenvalue weighted by molar-refractivity contribution is 0.127. The maximum atomic E-state index is 12.3. The van der Waals surface area contributed by atoms with Crippen molar-refractivity contribution in [2.75, 3.05) is 12.4 Å². The van der Waals surface area contributed by atoms with E-state index in [0.717, 1.165) is 13.0 Å². The van der Waals surface area contributed by atoms with Gasteiger partial charge in [0, 0.05) is 29.2 Å². The lowest BCUT2D eigenvalue weighted by atomic mass is 9.85. The third kappa shape index (κ3) is 3.52. The monoisotopic (exact) mass is 259 g/mol. The summed E-state index contributed by atoms with van der Waals surface area (Å²) in [5.74, 6) is 1.27. The molecule has 2 N–H and O–H groups in total. The number of rotatable bonds is 4. The molecule has 100 valence electrons. The van der Waals surface area contributed by atoms with E-state index in [1.807, 2.05) is 6.92 Å². The molecule has 4 heteroatoms. The first kappa shape index (κ1) is 13.5. The molecule has 3 nitrogen and oxygen atoms in total. The predicted molar refractivity (Wildman–Crippen MR) is 71.4 cm³/mol. The van der Waals surface area contributed by atoms with Crippen LogP contribution < -0.4 is 5.73 Å². The molecule has 17 heavy (non-hydrogen) atoms. The molecule has 1 heterocycles. The van der Waals surface area contributed by atoms with Gasteiger partial charge in [-0.1, -0.05) is 19.3 Å². The molecule has 1 aliphatic carbocycles. The fraction of sp³-hybridized carbons (Fsp3) is 1.00. The maximum absolute atomic E-state index is 12.3. The molecule has 0 spiro atoms. The highest BCUT2D eigenvalue weighted by atomic mass is 32.2. The second-order valence-corrected chi connectivity index (χ2v) is 7.21. The molecule has 1 saturated heterocycles. The van der Waals surface area contributed by atoms with E-state index in [1.165, 1.54) is 32.1 Å². The summed E-state index contributed by atoms with van der Waals surface area (Å²) in [5, 5.41) is 0.213. The molecule has 2 fully saturated rings. The number of nitrogens with two attached hydrogens (primary N) is 1. The van der Waals surface area contributed by atoms with Crippen LogP contribution in [0, 0.1) is 5.92 Å². The van der Waals surface area contributed by atoms with Gasteiger partial charge in [-0.3, -0.25) is 4.21 Å². The topological polar surface area (TPSA) is 52.3 Å². The number of hydrogen-bond acceptors (Lipinski definition) is 3. The molecule has 4 atom stereocenters. The average Bonchev–Trinajstić information content (AvgIpc) is 2.76. The highest BCUT2D eigenvalue weighted by Gasteiger charge is 2.32. The van der Waals surface area contributed by atoms with Crippen LogP contribution in [0.1, 0.15) is 45.4 Å². The quantitative estimate of drug-likeness (QED) is 0.838. The SMILES string of the molecule is CC1OCCC1S(=O)CC(N)C1CCCCC1. The molecule has 0 bridgehead atoms. The van der Waals surface area contributed by atoms with Crippen molar-refractivity contribution in [3.05, 3.63) is 0 Å². The molecule has 2 rings (SSSR count). The zero-order valence-corrected chi connectivity index (χ0v) is 11.6. The highest BCUT2D eigenvalue weighted by molar-refractivity contribution is 7.85. The maximum Gasteiger partial charge on any atom is 0.0691 e. The second kappa shape index (κ2) is 6.30. The van der Waals surface area contributed by atoms with E-state index in [0.29, 0.717) is 11.7 Å². The molecular formula is C13H25NO2S. The van der Waals surface area contributed by atoms with Crippen molar-refractivity contribution in [2.24, 2.45) is 11.7 Å². The minimum atomic E-state index is -0.807. The van der Waals surface area contributed by atoms with Crippen molar-refractivity contribution in [1.82, 2.24) is 0 Å². The van der Waals surface area contributed by atoms with Gasteiger partial charge in [-0.25, -0.2) is 0 Å². The first-order valence-electron chi connectivity index (χ1n) is 6.93. The van der Waals surface area contributed by atoms with Crippen LogP contribution >= 0.6 is 0 Å². The Morgan fingerprint density at radius 1 is 1.29 bits per heavy atom. The van der Waals surface area contributed by atoms with Crippen LogP contribution in [0.25, 0.3) is 0 Å². The molecule has 0 aromatic rings. The van der Waals surface area contributed by atoms with Gasteiger partial charge in [0.15, 0.2) is 0 Å². The van der Waals surface area contributed by atoms with Gasteiger partial charge < -0.3 is 10.5 Å². The highest BCUT2D eigenvalue weighted by Crippen LogP contribution is 2.27. The van der Waals surface area contributed by atoms with Crippen molar-refractivity contribution in [1.29, 1.82) is 0 Å². The van der Waals surface area contributed by atoms with Gasteiger partial charge in [0.2, 0.25) is 0 Å². The third-order valence-corrected chi connectivity index (χ3v) is 6.26. The fourth-order valence-electron chi connectivity index (χ4n) is 3.07. The lowest BCUT2D eigenvalue weighted by Gasteiger charge is -2.28. The summed E-state index contributed by atoms with van der Waals surface area (Å²) in [6, 6.07) is 0.129. The Morgan fingerprint density at radius 2 is 2.00 bits per heavy atom. The zero-order chi connectivity index (χ0) is 12.3. The molecule has 0 aromatic carbocycles. The van der Waals surface area contributed by atoms with Gasteiger partial charge >= 0.3 is 0 Å². The van der Waals surface area contributed by atoms with Crippen molar-refractivity contribution < 1.29 is 8.95 Å². The normalized spacial score (nSPS) is 34.7. The van der Waals surface area contributed by atoms with Crippen LogP contribution in [0.15, 0.2) is 0 Å². The third-order valence-electron chi connectivity index (χ3n) is 4.26. The van der Waals surface area contributed by atoms with Gasteiger partial charge in [-0.2, -0.15) is 0 Å². The number of hydrogen-bond donors (Lipinski definition) is 1. The molecular weight excluding hydrogens is 234 g/mol. The first-order valence-corrected chi connectivity index (χ1v) is 8.31. The van der Waals surface area contributed by atoms with E-state index in [4.69, 9.17) is 10.5 Å². The Kier molecular flexibility index (Phi) is 5.00. The van der Waals surface area contributed by atoms with E-state index in [1.54, 1.807) is 0 Å². The van der Waals surface area contributed by atoms with Crippen molar-refractivity contribution in [3.8, 4) is 0 Å². The summed E-state index contributed by atoms with van der Waals surface area (Å²) in [6.07, 6.45) is 7.49. The second-order valence-electron chi connectivity index (χ2n) is 5.51. The Bertz CT molecular complexity index is 266. The van der Waals surface area contributed by atoms with Gasteiger partial charge in [0.25, 0.3) is 0 Å². The van der Waals surface area contributed by atoms with Gasteiger partial charge in [0.05, 0.1) is 11.4 Å². The molecule has 4 unspecified atom stereocenters. The summed E-state index contributed by atoms with van der Waals surface area (Å²) in [7, 11) is -0.807. The fourth-order valence-corrected chi connectivity index (χ4v) is 4.83. The van der Waals surface area contributed by atoms with Gasteiger partial charge in [-0.05, 0) is 32.1 Å². The standard InChI is InChI=1S/C13H25NO2S/c1-10-13(7-8-16-10)17(15)9-12(14)11-5-3-2-4-6-11/h10-13H,2-9,14H2,1H3. The van der Waals surface area contributed by atoms with Crippen LogP contribution in [0.2, 0.25) is 0 Å². The minimum Gasteiger partial charge on any atom is -0.377 e. The Balaban J connectivity index is 1.80. The Morgan fingerprint density at radius 3 is 2.59 bits per heavy atom. The van der Waals surface area contributed by atoms with Crippen molar-refractivity contribution in [2.45, 2.75) is 62.8 Å². The van der Waals surface area contributed by atoms with E-state index in [2.05, 4.69) is 0 Å². The molecule has 2 aliphatic rings. The molecule has 1 aliphatic heterocycles. The molecule has 1 saturated carbocycles. The van der Waals surface area contributed by atoms with Gasteiger partial charge in [-0.15, -0.1) is 0 Å². The van der Waals surface area contributed by atoms with Crippen LogP contribution in [-0.2, 0) is 15.5 Å². The Labute approximate surface area is 107 Å². The number of ether oxygens (including phenoxy) is 1. The van der Waals surface area contributed by atoms with E-state index < -0.39 is 10.8 Å². The summed E-state index contributed by atoms with van der Waals surface area (Å²) in [6.45, 7) is 2.79. The van der Waals surface area contributed by atoms with Crippen LogP contribution in [0.3, 0.4) is 0 Å².